The molecule has 0 aromatic rings. The summed E-state index contributed by atoms with van der Waals surface area (Å²) in [7, 11) is 0. The monoisotopic (exact) mass is 791 g/mol. The third-order valence-corrected chi connectivity index (χ3v) is 11.0. The Bertz CT molecular complexity index is 870. The number of esters is 3. The molecule has 0 saturated heterocycles. The molecule has 0 aromatic heterocycles. The summed E-state index contributed by atoms with van der Waals surface area (Å²) in [5, 5.41) is 0. The lowest BCUT2D eigenvalue weighted by atomic mass is 10.0. The standard InChI is InChI=1S/C50H94O6/c1-4-7-10-13-16-19-22-24-25-26-29-31-34-37-40-43-49(52)55-46-47(45-54-48(51)42-39-36-33-30-27-21-18-15-12-9-6-3)56-50(53)44-41-38-35-32-28-23-20-17-14-11-8-5-2/h19,22,47H,4-18,20-21,23-46H2,1-3H3/b22-19-. The van der Waals surface area contributed by atoms with E-state index in [4.69, 9.17) is 14.2 Å². The minimum Gasteiger partial charge on any atom is -0.462 e. The van der Waals surface area contributed by atoms with Crippen molar-refractivity contribution in [3.63, 3.8) is 0 Å². The van der Waals surface area contributed by atoms with Gasteiger partial charge in [0.05, 0.1) is 0 Å². The van der Waals surface area contributed by atoms with Crippen LogP contribution >= 0.6 is 0 Å². The van der Waals surface area contributed by atoms with Crippen molar-refractivity contribution in [2.75, 3.05) is 13.2 Å². The highest BCUT2D eigenvalue weighted by Crippen LogP contribution is 2.16. The van der Waals surface area contributed by atoms with Crippen molar-refractivity contribution in [1.82, 2.24) is 0 Å². The maximum atomic E-state index is 12.7. The molecular formula is C50H94O6. The minimum atomic E-state index is -0.763. The second-order valence-electron chi connectivity index (χ2n) is 16.7. The van der Waals surface area contributed by atoms with Crippen LogP contribution in [0.4, 0.5) is 0 Å². The third kappa shape index (κ3) is 43.3. The van der Waals surface area contributed by atoms with Gasteiger partial charge in [0.15, 0.2) is 6.10 Å². The van der Waals surface area contributed by atoms with Crippen molar-refractivity contribution in [2.24, 2.45) is 0 Å². The number of rotatable bonds is 45. The molecule has 0 radical (unpaired) electrons. The van der Waals surface area contributed by atoms with E-state index in [9.17, 15) is 14.4 Å². The van der Waals surface area contributed by atoms with Gasteiger partial charge in [0.1, 0.15) is 13.2 Å². The first-order valence-electron chi connectivity index (χ1n) is 24.7. The molecule has 0 saturated carbocycles. The maximum absolute atomic E-state index is 12.7. The number of allylic oxidation sites excluding steroid dienone is 2. The smallest absolute Gasteiger partial charge is 0.306 e. The Hall–Kier alpha value is -1.85. The van der Waals surface area contributed by atoms with Gasteiger partial charge in [-0.2, -0.15) is 0 Å². The zero-order valence-corrected chi connectivity index (χ0v) is 37.7. The van der Waals surface area contributed by atoms with Gasteiger partial charge in [0.2, 0.25) is 0 Å². The molecule has 1 atom stereocenters. The van der Waals surface area contributed by atoms with Crippen molar-refractivity contribution in [3.05, 3.63) is 12.2 Å². The molecular weight excluding hydrogens is 697 g/mol. The quantitative estimate of drug-likeness (QED) is 0.0264. The van der Waals surface area contributed by atoms with Gasteiger partial charge in [-0.3, -0.25) is 14.4 Å². The lowest BCUT2D eigenvalue weighted by Gasteiger charge is -2.18. The maximum Gasteiger partial charge on any atom is 0.306 e. The average molecular weight is 791 g/mol. The summed E-state index contributed by atoms with van der Waals surface area (Å²) >= 11 is 0. The fourth-order valence-electron chi connectivity index (χ4n) is 7.26. The van der Waals surface area contributed by atoms with E-state index in [1.165, 1.54) is 173 Å². The van der Waals surface area contributed by atoms with E-state index in [1.54, 1.807) is 0 Å². The van der Waals surface area contributed by atoms with Gasteiger partial charge in [-0.15, -0.1) is 0 Å². The predicted molar refractivity (Wildman–Crippen MR) is 238 cm³/mol. The lowest BCUT2D eigenvalue weighted by molar-refractivity contribution is -0.167. The van der Waals surface area contributed by atoms with Crippen molar-refractivity contribution in [3.8, 4) is 0 Å². The number of ether oxygens (including phenoxy) is 3. The van der Waals surface area contributed by atoms with Crippen LogP contribution in [0.1, 0.15) is 271 Å². The largest absolute Gasteiger partial charge is 0.462 e. The Kier molecular flexibility index (Phi) is 44.3. The van der Waals surface area contributed by atoms with E-state index >= 15 is 0 Å². The Morgan fingerprint density at radius 1 is 0.339 bits per heavy atom. The minimum absolute atomic E-state index is 0.0664. The number of unbranched alkanes of at least 4 members (excludes halogenated alkanes) is 32. The Balaban J connectivity index is 4.32. The van der Waals surface area contributed by atoms with Gasteiger partial charge in [-0.1, -0.05) is 219 Å². The summed E-state index contributed by atoms with van der Waals surface area (Å²) in [6, 6.07) is 0. The van der Waals surface area contributed by atoms with Crippen LogP contribution in [-0.4, -0.2) is 37.2 Å². The summed E-state index contributed by atoms with van der Waals surface area (Å²) in [5.74, 6) is -0.859. The molecule has 0 rings (SSSR count). The number of carbonyl (C=O) groups is 3. The highest BCUT2D eigenvalue weighted by atomic mass is 16.6. The predicted octanol–water partition coefficient (Wildman–Crippen LogP) is 15.8. The summed E-state index contributed by atoms with van der Waals surface area (Å²) in [6.45, 7) is 6.63. The van der Waals surface area contributed by atoms with Gasteiger partial charge in [-0.25, -0.2) is 0 Å². The fourth-order valence-corrected chi connectivity index (χ4v) is 7.26. The fraction of sp³-hybridized carbons (Fsp3) is 0.900. The van der Waals surface area contributed by atoms with Crippen molar-refractivity contribution < 1.29 is 28.6 Å². The van der Waals surface area contributed by atoms with Gasteiger partial charge < -0.3 is 14.2 Å². The molecule has 0 aliphatic rings. The Morgan fingerprint density at radius 2 is 0.589 bits per heavy atom. The topological polar surface area (TPSA) is 78.9 Å². The molecule has 0 aliphatic carbocycles. The summed E-state index contributed by atoms with van der Waals surface area (Å²) in [4.78, 5) is 37.8. The van der Waals surface area contributed by atoms with Gasteiger partial charge in [0.25, 0.3) is 0 Å². The molecule has 0 aromatic carbocycles. The van der Waals surface area contributed by atoms with Gasteiger partial charge >= 0.3 is 17.9 Å². The zero-order chi connectivity index (χ0) is 40.8. The van der Waals surface area contributed by atoms with E-state index in [-0.39, 0.29) is 31.1 Å². The molecule has 6 nitrogen and oxygen atoms in total. The summed E-state index contributed by atoms with van der Waals surface area (Å²) in [5.41, 5.74) is 0. The molecule has 0 fully saturated rings. The van der Waals surface area contributed by atoms with Crippen molar-refractivity contribution in [1.29, 1.82) is 0 Å². The van der Waals surface area contributed by atoms with Crippen LogP contribution in [0, 0.1) is 0 Å². The second kappa shape index (κ2) is 45.8. The van der Waals surface area contributed by atoms with Crippen molar-refractivity contribution >= 4 is 17.9 Å². The van der Waals surface area contributed by atoms with E-state index in [0.717, 1.165) is 57.8 Å². The molecule has 0 heterocycles. The molecule has 330 valence electrons. The first-order valence-corrected chi connectivity index (χ1v) is 24.7. The van der Waals surface area contributed by atoms with Gasteiger partial charge in [-0.05, 0) is 44.9 Å². The number of carbonyl (C=O) groups excluding carboxylic acids is 3. The zero-order valence-electron chi connectivity index (χ0n) is 37.7. The van der Waals surface area contributed by atoms with Crippen LogP contribution in [0.5, 0.6) is 0 Å². The Morgan fingerprint density at radius 3 is 0.911 bits per heavy atom. The van der Waals surface area contributed by atoms with Crippen LogP contribution in [-0.2, 0) is 28.6 Å². The molecule has 0 spiro atoms. The van der Waals surface area contributed by atoms with Crippen LogP contribution in [0.15, 0.2) is 12.2 Å². The molecule has 0 amide bonds. The third-order valence-electron chi connectivity index (χ3n) is 11.0. The first-order chi connectivity index (χ1) is 27.5. The first kappa shape index (κ1) is 54.2. The van der Waals surface area contributed by atoms with Crippen LogP contribution in [0.3, 0.4) is 0 Å². The van der Waals surface area contributed by atoms with Crippen LogP contribution < -0.4 is 0 Å². The molecule has 56 heavy (non-hydrogen) atoms. The van der Waals surface area contributed by atoms with E-state index < -0.39 is 6.10 Å². The Labute approximate surface area is 348 Å². The SMILES string of the molecule is CCCCCC/C=C\CCCCCCCCCC(=O)OCC(COC(=O)CCCCCCCCCCCCC)OC(=O)CCCCCCCCCCCCCC. The van der Waals surface area contributed by atoms with Crippen LogP contribution in [0.2, 0.25) is 0 Å². The average Bonchev–Trinajstić information content (AvgIpc) is 3.19. The van der Waals surface area contributed by atoms with E-state index in [1.807, 2.05) is 0 Å². The molecule has 6 heteroatoms. The molecule has 1 unspecified atom stereocenters. The number of hydrogen-bond acceptors (Lipinski definition) is 6. The van der Waals surface area contributed by atoms with E-state index in [0.29, 0.717) is 19.3 Å². The summed E-state index contributed by atoms with van der Waals surface area (Å²) in [6.07, 6.45) is 49.0. The highest BCUT2D eigenvalue weighted by Gasteiger charge is 2.19. The molecule has 0 N–H and O–H groups in total. The van der Waals surface area contributed by atoms with Crippen molar-refractivity contribution in [2.45, 2.75) is 277 Å². The van der Waals surface area contributed by atoms with E-state index in [2.05, 4.69) is 32.9 Å². The molecule has 0 aliphatic heterocycles. The highest BCUT2D eigenvalue weighted by molar-refractivity contribution is 5.71. The second-order valence-corrected chi connectivity index (χ2v) is 16.7. The lowest BCUT2D eigenvalue weighted by Crippen LogP contribution is -2.30. The summed E-state index contributed by atoms with van der Waals surface area (Å²) < 4.78 is 16.8. The van der Waals surface area contributed by atoms with Gasteiger partial charge in [0, 0.05) is 19.3 Å². The molecule has 0 bridgehead atoms. The van der Waals surface area contributed by atoms with Crippen LogP contribution in [0.25, 0.3) is 0 Å². The number of hydrogen-bond donors (Lipinski definition) is 0. The normalized spacial score (nSPS) is 12.0.